The first-order chi connectivity index (χ1) is 17.6. The van der Waals surface area contributed by atoms with Crippen LogP contribution in [0, 0.1) is 24.5 Å². The molecule has 5 rings (SSSR count). The summed E-state index contributed by atoms with van der Waals surface area (Å²) in [6.45, 7) is 9.09. The van der Waals surface area contributed by atoms with E-state index in [1.807, 2.05) is 33.8 Å². The first-order valence-corrected chi connectivity index (χ1v) is 12.2. The van der Waals surface area contributed by atoms with Gasteiger partial charge in [0.1, 0.15) is 22.8 Å². The standard InChI is InChI=1S/C28H29F2N5O2/c1-16-8-18(10-19(29)9-16)20-12-31-13-21(26-33-23-7-5-6-22(30)24(23)34-26)25(20)35-14-17(15-35)11-32-27(36)37-28(2,3)4/h5-10,12-13,17H,11,14-15H2,1-4H3,(H,32,36)(H,33,34). The monoisotopic (exact) mass is 505 g/mol. The molecule has 3 heterocycles. The van der Waals surface area contributed by atoms with Crippen molar-refractivity contribution in [2.24, 2.45) is 5.92 Å². The number of nitrogens with one attached hydrogen (secondary N) is 2. The molecule has 2 aromatic heterocycles. The van der Waals surface area contributed by atoms with E-state index in [0.717, 1.165) is 16.8 Å². The van der Waals surface area contributed by atoms with Gasteiger partial charge < -0.3 is 19.9 Å². The third-order valence-electron chi connectivity index (χ3n) is 6.20. The van der Waals surface area contributed by atoms with Gasteiger partial charge in [-0.05, 0) is 63.1 Å². The quantitative estimate of drug-likeness (QED) is 0.356. The Bertz CT molecular complexity index is 1450. The van der Waals surface area contributed by atoms with E-state index in [1.165, 1.54) is 18.2 Å². The van der Waals surface area contributed by atoms with Crippen LogP contribution in [0.5, 0.6) is 0 Å². The second kappa shape index (κ2) is 9.46. The third kappa shape index (κ3) is 5.26. The summed E-state index contributed by atoms with van der Waals surface area (Å²) in [5.74, 6) is -0.0690. The van der Waals surface area contributed by atoms with Gasteiger partial charge in [0.2, 0.25) is 0 Å². The Kier molecular flexibility index (Phi) is 6.31. The lowest BCUT2D eigenvalue weighted by atomic mass is 9.94. The fourth-order valence-corrected chi connectivity index (χ4v) is 4.62. The summed E-state index contributed by atoms with van der Waals surface area (Å²) in [5.41, 5.74) is 4.02. The number of para-hydroxylation sites is 1. The number of aryl methyl sites for hydroxylation is 1. The van der Waals surface area contributed by atoms with E-state index in [-0.39, 0.29) is 17.3 Å². The molecule has 7 nitrogen and oxygen atoms in total. The highest BCUT2D eigenvalue weighted by Gasteiger charge is 2.32. The maximum atomic E-state index is 14.4. The van der Waals surface area contributed by atoms with Crippen molar-refractivity contribution in [1.82, 2.24) is 20.3 Å². The molecule has 1 aliphatic rings. The molecule has 1 amide bonds. The number of ether oxygens (including phenoxy) is 1. The lowest BCUT2D eigenvalue weighted by molar-refractivity contribution is 0.0516. The number of fused-ring (bicyclic) bond motifs is 1. The summed E-state index contributed by atoms with van der Waals surface area (Å²) in [5, 5.41) is 2.83. The molecular weight excluding hydrogens is 476 g/mol. The van der Waals surface area contributed by atoms with Gasteiger partial charge in [-0.15, -0.1) is 0 Å². The van der Waals surface area contributed by atoms with Crippen LogP contribution in [0.25, 0.3) is 33.5 Å². The minimum Gasteiger partial charge on any atom is -0.444 e. The van der Waals surface area contributed by atoms with Gasteiger partial charge in [0.15, 0.2) is 5.82 Å². The molecule has 0 aliphatic carbocycles. The summed E-state index contributed by atoms with van der Waals surface area (Å²) in [7, 11) is 0. The maximum Gasteiger partial charge on any atom is 0.407 e. The molecule has 2 N–H and O–H groups in total. The molecule has 0 unspecified atom stereocenters. The summed E-state index contributed by atoms with van der Waals surface area (Å²) in [4.78, 5) is 26.4. The third-order valence-corrected chi connectivity index (χ3v) is 6.20. The zero-order chi connectivity index (χ0) is 26.3. The van der Waals surface area contributed by atoms with Crippen molar-refractivity contribution in [2.45, 2.75) is 33.3 Å². The molecule has 4 aromatic rings. The smallest absolute Gasteiger partial charge is 0.407 e. The number of pyridine rings is 1. The highest BCUT2D eigenvalue weighted by Crippen LogP contribution is 2.41. The topological polar surface area (TPSA) is 83.1 Å². The van der Waals surface area contributed by atoms with Crippen LogP contribution >= 0.6 is 0 Å². The largest absolute Gasteiger partial charge is 0.444 e. The number of aromatic nitrogens is 3. The second-order valence-electron chi connectivity index (χ2n) is 10.5. The van der Waals surface area contributed by atoms with Gasteiger partial charge in [0.05, 0.1) is 16.8 Å². The van der Waals surface area contributed by atoms with Crippen LogP contribution < -0.4 is 10.2 Å². The molecule has 0 saturated carbocycles. The summed E-state index contributed by atoms with van der Waals surface area (Å²) < 4.78 is 34.1. The lowest BCUT2D eigenvalue weighted by Gasteiger charge is -2.42. The molecule has 1 fully saturated rings. The molecular formula is C28H29F2N5O2. The van der Waals surface area contributed by atoms with Crippen LogP contribution in [0.15, 0.2) is 48.8 Å². The van der Waals surface area contributed by atoms with Crippen molar-refractivity contribution in [3.05, 3.63) is 66.0 Å². The minimum atomic E-state index is -0.564. The van der Waals surface area contributed by atoms with Gasteiger partial charge in [-0.3, -0.25) is 4.98 Å². The number of hydrogen-bond donors (Lipinski definition) is 2. The van der Waals surface area contributed by atoms with E-state index in [4.69, 9.17) is 4.74 Å². The Labute approximate surface area is 213 Å². The highest BCUT2D eigenvalue weighted by atomic mass is 19.1. The Hall–Kier alpha value is -4.01. The van der Waals surface area contributed by atoms with E-state index >= 15 is 0 Å². The summed E-state index contributed by atoms with van der Waals surface area (Å²) in [6, 6.07) is 9.64. The van der Waals surface area contributed by atoms with E-state index < -0.39 is 17.5 Å². The Balaban J connectivity index is 1.48. The number of aromatic amines is 1. The van der Waals surface area contributed by atoms with E-state index in [1.54, 1.807) is 24.5 Å². The predicted molar refractivity (Wildman–Crippen MR) is 139 cm³/mol. The number of halogens is 2. The van der Waals surface area contributed by atoms with Gasteiger partial charge in [-0.2, -0.15) is 0 Å². The summed E-state index contributed by atoms with van der Waals surface area (Å²) >= 11 is 0. The van der Waals surface area contributed by atoms with Crippen molar-refractivity contribution >= 4 is 22.8 Å². The number of nitrogens with zero attached hydrogens (tertiary/aromatic N) is 3. The van der Waals surface area contributed by atoms with Gasteiger partial charge in [0.25, 0.3) is 0 Å². The van der Waals surface area contributed by atoms with E-state index in [9.17, 15) is 13.6 Å². The Morgan fingerprint density at radius 2 is 1.92 bits per heavy atom. The number of imidazole rings is 1. The molecule has 192 valence electrons. The van der Waals surface area contributed by atoms with Gasteiger partial charge >= 0.3 is 6.09 Å². The molecule has 0 atom stereocenters. The van der Waals surface area contributed by atoms with Crippen LogP contribution in [0.4, 0.5) is 19.3 Å². The zero-order valence-electron chi connectivity index (χ0n) is 21.2. The molecule has 0 spiro atoms. The first kappa shape index (κ1) is 24.7. The van der Waals surface area contributed by atoms with Crippen molar-refractivity contribution in [3.63, 3.8) is 0 Å². The van der Waals surface area contributed by atoms with Crippen molar-refractivity contribution < 1.29 is 18.3 Å². The van der Waals surface area contributed by atoms with Crippen molar-refractivity contribution in [3.8, 4) is 22.5 Å². The minimum absolute atomic E-state index is 0.198. The second-order valence-corrected chi connectivity index (χ2v) is 10.5. The zero-order valence-corrected chi connectivity index (χ0v) is 21.2. The Morgan fingerprint density at radius 3 is 2.62 bits per heavy atom. The number of anilines is 1. The summed E-state index contributed by atoms with van der Waals surface area (Å²) in [6.07, 6.45) is 2.95. The normalized spacial score (nSPS) is 14.1. The highest BCUT2D eigenvalue weighted by molar-refractivity contribution is 5.91. The fraction of sp³-hybridized carbons (Fsp3) is 0.321. The van der Waals surface area contributed by atoms with Crippen LogP contribution in [-0.4, -0.2) is 46.3 Å². The SMILES string of the molecule is Cc1cc(F)cc(-c2cncc(-c3nc4c(F)cccc4[nH]3)c2N2CC(CNC(=O)OC(C)(C)C)C2)c1. The molecule has 1 aliphatic heterocycles. The van der Waals surface area contributed by atoms with Crippen LogP contribution in [0.1, 0.15) is 26.3 Å². The van der Waals surface area contributed by atoms with Crippen LogP contribution in [0.3, 0.4) is 0 Å². The average molecular weight is 506 g/mol. The maximum absolute atomic E-state index is 14.4. The predicted octanol–water partition coefficient (Wildman–Crippen LogP) is 5.84. The van der Waals surface area contributed by atoms with E-state index in [2.05, 4.69) is 25.2 Å². The number of hydrogen-bond acceptors (Lipinski definition) is 5. The fourth-order valence-electron chi connectivity index (χ4n) is 4.62. The van der Waals surface area contributed by atoms with Crippen molar-refractivity contribution in [1.29, 1.82) is 0 Å². The van der Waals surface area contributed by atoms with Crippen LogP contribution in [0.2, 0.25) is 0 Å². The number of rotatable bonds is 5. The molecule has 0 radical (unpaired) electrons. The molecule has 0 bridgehead atoms. The molecule has 2 aromatic carbocycles. The number of amides is 1. The number of carbonyl (C=O) groups excluding carboxylic acids is 1. The van der Waals surface area contributed by atoms with Gasteiger partial charge in [0, 0.05) is 43.5 Å². The average Bonchev–Trinajstić information content (AvgIpc) is 3.22. The van der Waals surface area contributed by atoms with Gasteiger partial charge in [-0.25, -0.2) is 18.6 Å². The van der Waals surface area contributed by atoms with Crippen LogP contribution in [-0.2, 0) is 4.74 Å². The molecule has 1 saturated heterocycles. The Morgan fingerprint density at radius 1 is 1.16 bits per heavy atom. The number of benzene rings is 2. The van der Waals surface area contributed by atoms with E-state index in [0.29, 0.717) is 42.1 Å². The lowest BCUT2D eigenvalue weighted by Crippen LogP contribution is -2.52. The first-order valence-electron chi connectivity index (χ1n) is 12.2. The molecule has 37 heavy (non-hydrogen) atoms. The number of carbonyl (C=O) groups is 1. The van der Waals surface area contributed by atoms with Crippen molar-refractivity contribution in [2.75, 3.05) is 24.5 Å². The number of alkyl carbamates (subject to hydrolysis) is 1. The molecule has 9 heteroatoms. The van der Waals surface area contributed by atoms with Gasteiger partial charge in [-0.1, -0.05) is 12.1 Å². The number of H-pyrrole nitrogens is 1.